The third kappa shape index (κ3) is 3.92. The number of hydrogen-bond donors (Lipinski definition) is 0. The number of nitrogens with zero attached hydrogens (tertiary/aromatic N) is 4. The van der Waals surface area contributed by atoms with Gasteiger partial charge in [-0.1, -0.05) is 17.8 Å². The van der Waals surface area contributed by atoms with Crippen LogP contribution in [-0.4, -0.2) is 42.9 Å². The van der Waals surface area contributed by atoms with Crippen LogP contribution in [0.25, 0.3) is 10.7 Å². The lowest BCUT2D eigenvalue weighted by molar-refractivity contribution is -0.133. The lowest BCUT2D eigenvalue weighted by atomic mass is 10.2. The Morgan fingerprint density at radius 3 is 2.44 bits per heavy atom. The zero-order valence-corrected chi connectivity index (χ0v) is 17.1. The molecule has 2 heterocycles. The molecule has 1 atom stereocenters. The number of thioether (sulfide) groups is 1. The van der Waals surface area contributed by atoms with E-state index in [-0.39, 0.29) is 23.2 Å². The van der Waals surface area contributed by atoms with Crippen molar-refractivity contribution in [3.8, 4) is 10.7 Å². The highest BCUT2D eigenvalue weighted by Gasteiger charge is 2.33. The lowest BCUT2D eigenvalue weighted by Gasteiger charge is -2.32. The summed E-state index contributed by atoms with van der Waals surface area (Å²) < 4.78 is 2.23. The summed E-state index contributed by atoms with van der Waals surface area (Å²) in [6, 6.07) is 4.98. The summed E-state index contributed by atoms with van der Waals surface area (Å²) in [5.41, 5.74) is 0. The highest BCUT2D eigenvalue weighted by Crippen LogP contribution is 2.42. The molecule has 0 bridgehead atoms. The van der Waals surface area contributed by atoms with Gasteiger partial charge in [-0.3, -0.25) is 9.36 Å². The Hall–Kier alpha value is -1.34. The van der Waals surface area contributed by atoms with Crippen molar-refractivity contribution < 1.29 is 4.79 Å². The van der Waals surface area contributed by atoms with Crippen molar-refractivity contribution in [3.05, 3.63) is 17.5 Å². The zero-order valence-electron chi connectivity index (χ0n) is 15.5. The second-order valence-electron chi connectivity index (χ2n) is 7.08. The van der Waals surface area contributed by atoms with E-state index < -0.39 is 0 Å². The van der Waals surface area contributed by atoms with Crippen LogP contribution in [0, 0.1) is 0 Å². The molecular formula is C18H26N4OS2. The van der Waals surface area contributed by atoms with Crippen LogP contribution in [-0.2, 0) is 4.79 Å². The normalized spacial score (nSPS) is 15.8. The molecule has 0 N–H and O–H groups in total. The number of carbonyl (C=O) groups excluding carboxylic acids is 1. The molecule has 2 aromatic rings. The quantitative estimate of drug-likeness (QED) is 0.667. The molecule has 0 aromatic carbocycles. The van der Waals surface area contributed by atoms with E-state index in [2.05, 4.69) is 53.9 Å². The van der Waals surface area contributed by atoms with E-state index in [9.17, 15) is 4.79 Å². The van der Waals surface area contributed by atoms with E-state index in [1.54, 1.807) is 11.3 Å². The van der Waals surface area contributed by atoms with Crippen LogP contribution in [0.5, 0.6) is 0 Å². The second kappa shape index (κ2) is 7.50. The van der Waals surface area contributed by atoms with Gasteiger partial charge in [-0.25, -0.2) is 0 Å². The molecule has 0 radical (unpaired) electrons. The molecule has 25 heavy (non-hydrogen) atoms. The first-order valence-corrected chi connectivity index (χ1v) is 10.6. The van der Waals surface area contributed by atoms with Crippen molar-refractivity contribution >= 4 is 29.0 Å². The molecule has 1 aliphatic carbocycles. The minimum absolute atomic E-state index is 0.165. The summed E-state index contributed by atoms with van der Waals surface area (Å²) in [5, 5.41) is 11.6. The molecule has 1 saturated carbocycles. The predicted octanol–water partition coefficient (Wildman–Crippen LogP) is 4.47. The molecule has 1 amide bonds. The Morgan fingerprint density at radius 2 is 1.92 bits per heavy atom. The molecule has 2 aromatic heterocycles. The van der Waals surface area contributed by atoms with Gasteiger partial charge >= 0.3 is 0 Å². The zero-order chi connectivity index (χ0) is 18.1. The predicted molar refractivity (Wildman–Crippen MR) is 104 cm³/mol. The summed E-state index contributed by atoms with van der Waals surface area (Å²) in [5.74, 6) is 1.10. The van der Waals surface area contributed by atoms with Crippen LogP contribution in [0.1, 0.15) is 53.5 Å². The van der Waals surface area contributed by atoms with Gasteiger partial charge in [-0.15, -0.1) is 21.5 Å². The summed E-state index contributed by atoms with van der Waals surface area (Å²) in [4.78, 5) is 16.0. The Kier molecular flexibility index (Phi) is 5.53. The van der Waals surface area contributed by atoms with Gasteiger partial charge in [-0.05, 0) is 58.9 Å². The third-order valence-electron chi connectivity index (χ3n) is 4.32. The first-order valence-electron chi connectivity index (χ1n) is 8.87. The number of hydrogen-bond acceptors (Lipinski definition) is 5. The molecule has 1 fully saturated rings. The molecule has 0 saturated heterocycles. The van der Waals surface area contributed by atoms with Crippen molar-refractivity contribution in [2.24, 2.45) is 0 Å². The van der Waals surface area contributed by atoms with Gasteiger partial charge in [0.1, 0.15) is 0 Å². The molecule has 5 nitrogen and oxygen atoms in total. The van der Waals surface area contributed by atoms with Crippen molar-refractivity contribution in [1.29, 1.82) is 0 Å². The minimum atomic E-state index is -0.178. The maximum Gasteiger partial charge on any atom is 0.236 e. The molecule has 1 unspecified atom stereocenters. The number of aromatic nitrogens is 3. The van der Waals surface area contributed by atoms with Crippen molar-refractivity contribution in [2.75, 3.05) is 0 Å². The van der Waals surface area contributed by atoms with Gasteiger partial charge in [0.15, 0.2) is 11.0 Å². The number of thiophene rings is 1. The first kappa shape index (κ1) is 18.5. The van der Waals surface area contributed by atoms with Gasteiger partial charge < -0.3 is 4.90 Å². The van der Waals surface area contributed by atoms with E-state index >= 15 is 0 Å². The van der Waals surface area contributed by atoms with Crippen molar-refractivity contribution in [2.45, 2.75) is 76.0 Å². The Morgan fingerprint density at radius 1 is 1.24 bits per heavy atom. The smallest absolute Gasteiger partial charge is 0.236 e. The Balaban J connectivity index is 1.82. The summed E-state index contributed by atoms with van der Waals surface area (Å²) >= 11 is 3.21. The molecular weight excluding hydrogens is 352 g/mol. The second-order valence-corrected chi connectivity index (χ2v) is 9.33. The largest absolute Gasteiger partial charge is 0.337 e. The van der Waals surface area contributed by atoms with Crippen LogP contribution in [0.15, 0.2) is 22.7 Å². The van der Waals surface area contributed by atoms with Gasteiger partial charge in [0, 0.05) is 18.1 Å². The standard InChI is InChI=1S/C18H26N4OS2/c1-11(2)21(12(3)4)17(23)13(5)25-18-20-19-16(15-7-6-10-24-15)22(18)14-8-9-14/h6-7,10-14H,8-9H2,1-5H3. The van der Waals surface area contributed by atoms with Gasteiger partial charge in [-0.2, -0.15) is 0 Å². The number of amides is 1. The van der Waals surface area contributed by atoms with E-state index in [1.807, 2.05) is 17.9 Å². The highest BCUT2D eigenvalue weighted by molar-refractivity contribution is 8.00. The fourth-order valence-electron chi connectivity index (χ4n) is 3.12. The maximum absolute atomic E-state index is 12.9. The summed E-state index contributed by atoms with van der Waals surface area (Å²) in [6.45, 7) is 10.2. The lowest BCUT2D eigenvalue weighted by Crippen LogP contribution is -2.45. The van der Waals surface area contributed by atoms with Crippen molar-refractivity contribution in [3.63, 3.8) is 0 Å². The SMILES string of the molecule is CC(Sc1nnc(-c2cccs2)n1C1CC1)C(=O)N(C(C)C)C(C)C. The molecule has 0 aliphatic heterocycles. The molecule has 0 spiro atoms. The fraction of sp³-hybridized carbons (Fsp3) is 0.611. The van der Waals surface area contributed by atoms with Crippen molar-refractivity contribution in [1.82, 2.24) is 19.7 Å². The summed E-state index contributed by atoms with van der Waals surface area (Å²) in [7, 11) is 0. The van der Waals surface area contributed by atoms with Crippen LogP contribution < -0.4 is 0 Å². The van der Waals surface area contributed by atoms with Crippen LogP contribution in [0.3, 0.4) is 0 Å². The Labute approximate surface area is 157 Å². The number of rotatable bonds is 7. The van der Waals surface area contributed by atoms with Crippen LogP contribution in [0.2, 0.25) is 0 Å². The van der Waals surface area contributed by atoms with Crippen LogP contribution in [0.4, 0.5) is 0 Å². The van der Waals surface area contributed by atoms with Gasteiger partial charge in [0.05, 0.1) is 10.1 Å². The molecule has 1 aliphatic rings. The van der Waals surface area contributed by atoms with Gasteiger partial charge in [0.2, 0.25) is 5.91 Å². The fourth-order valence-corrected chi connectivity index (χ4v) is 4.80. The third-order valence-corrected chi connectivity index (χ3v) is 6.23. The van der Waals surface area contributed by atoms with E-state index in [0.717, 1.165) is 28.7 Å². The minimum Gasteiger partial charge on any atom is -0.337 e. The molecule has 136 valence electrons. The topological polar surface area (TPSA) is 51.0 Å². The number of carbonyl (C=O) groups is 1. The molecule has 3 rings (SSSR count). The highest BCUT2D eigenvalue weighted by atomic mass is 32.2. The van der Waals surface area contributed by atoms with E-state index in [0.29, 0.717) is 6.04 Å². The average Bonchev–Trinajstić information content (AvgIpc) is 3.07. The first-order chi connectivity index (χ1) is 11.9. The summed E-state index contributed by atoms with van der Waals surface area (Å²) in [6.07, 6.45) is 2.33. The van der Waals surface area contributed by atoms with Gasteiger partial charge in [0.25, 0.3) is 0 Å². The Bertz CT molecular complexity index is 712. The van der Waals surface area contributed by atoms with E-state index in [1.165, 1.54) is 11.8 Å². The van der Waals surface area contributed by atoms with E-state index in [4.69, 9.17) is 0 Å². The monoisotopic (exact) mass is 378 g/mol. The molecule has 7 heteroatoms. The van der Waals surface area contributed by atoms with Crippen LogP contribution >= 0.6 is 23.1 Å². The average molecular weight is 379 g/mol. The maximum atomic E-state index is 12.9.